The van der Waals surface area contributed by atoms with Crippen LogP contribution in [0.25, 0.3) is 0 Å². The summed E-state index contributed by atoms with van der Waals surface area (Å²) >= 11 is 0. The standard InChI is InChI=1S/C6H13N.C5H7F4N.C5H11NO.C5H11N.C4H8N2.C3H7N/c1-7-5-3-2-4-6-7;1-10-2-4(6,7)5(8,9)3-10;1-6-2-4-7-5-3-6;1-6-4-2-3-5-6;1-6-3-2-5-4-6;1-4-2-3-4/h2-6H2,1H3;2-3H2,1H3;2-5H2,1H3;2-5H2,1H3;4H,2-3H2,1H3;2-3H2,1H3. The van der Waals surface area contributed by atoms with E-state index in [0.29, 0.717) is 0 Å². The second kappa shape index (κ2) is 20.0. The van der Waals surface area contributed by atoms with Gasteiger partial charge in [0.15, 0.2) is 0 Å². The van der Waals surface area contributed by atoms with Crippen LogP contribution in [0, 0.1) is 0 Å². The summed E-state index contributed by atoms with van der Waals surface area (Å²) < 4.78 is 53.8. The van der Waals surface area contributed by atoms with Crippen LogP contribution in [-0.4, -0.2) is 182 Å². The first-order valence-electron chi connectivity index (χ1n) is 14.8. The lowest BCUT2D eigenvalue weighted by molar-refractivity contribution is -0.172. The van der Waals surface area contributed by atoms with Crippen molar-refractivity contribution in [3.05, 3.63) is 0 Å². The van der Waals surface area contributed by atoms with Crippen molar-refractivity contribution in [3.8, 4) is 0 Å². The highest BCUT2D eigenvalue weighted by Crippen LogP contribution is 2.39. The van der Waals surface area contributed by atoms with Crippen LogP contribution < -0.4 is 0 Å². The van der Waals surface area contributed by atoms with Gasteiger partial charge in [-0.3, -0.25) is 9.89 Å². The van der Waals surface area contributed by atoms with E-state index in [1.165, 1.54) is 78.4 Å². The van der Waals surface area contributed by atoms with Gasteiger partial charge in [0.25, 0.3) is 0 Å². The largest absolute Gasteiger partial charge is 0.379 e. The molecular formula is C28H57F4N7O. The predicted molar refractivity (Wildman–Crippen MR) is 157 cm³/mol. The molecule has 0 atom stereocenters. The minimum atomic E-state index is -3.85. The van der Waals surface area contributed by atoms with Crippen LogP contribution in [-0.2, 0) is 4.74 Å². The number of hydrogen-bond donors (Lipinski definition) is 0. The van der Waals surface area contributed by atoms with E-state index in [2.05, 4.69) is 57.7 Å². The van der Waals surface area contributed by atoms with Gasteiger partial charge in [-0.15, -0.1) is 0 Å². The van der Waals surface area contributed by atoms with Gasteiger partial charge in [-0.25, -0.2) is 0 Å². The Morgan fingerprint density at radius 3 is 1.05 bits per heavy atom. The molecule has 238 valence electrons. The maximum absolute atomic E-state index is 12.2. The van der Waals surface area contributed by atoms with Crippen LogP contribution in [0.3, 0.4) is 0 Å². The van der Waals surface area contributed by atoms with E-state index in [-0.39, 0.29) is 0 Å². The highest BCUT2D eigenvalue weighted by atomic mass is 19.3. The quantitative estimate of drug-likeness (QED) is 0.321. The monoisotopic (exact) mass is 583 g/mol. The molecule has 0 bridgehead atoms. The van der Waals surface area contributed by atoms with Gasteiger partial charge in [0.2, 0.25) is 0 Å². The molecule has 0 saturated carbocycles. The molecule has 0 spiro atoms. The van der Waals surface area contributed by atoms with Gasteiger partial charge in [0.05, 0.1) is 39.2 Å². The van der Waals surface area contributed by atoms with Gasteiger partial charge in [0, 0.05) is 39.8 Å². The number of ether oxygens (including phenoxy) is 1. The van der Waals surface area contributed by atoms with Gasteiger partial charge < -0.3 is 29.2 Å². The number of likely N-dealkylation sites (tertiary alicyclic amines) is 3. The SMILES string of the molecule is CN1C=NCC1.CN1CC(F)(F)C(F)(F)C1.CN1CC1.CN1CCCC1.CN1CCCCC1.CN1CCOCC1. The normalized spacial score (nSPS) is 26.0. The first kappa shape index (κ1) is 37.0. The van der Waals surface area contributed by atoms with Crippen LogP contribution >= 0.6 is 0 Å². The molecule has 0 aromatic heterocycles. The van der Waals surface area contributed by atoms with E-state index in [1.807, 2.05) is 13.4 Å². The smallest absolute Gasteiger partial charge is 0.323 e. The maximum atomic E-state index is 12.2. The van der Waals surface area contributed by atoms with Crippen molar-refractivity contribution in [1.29, 1.82) is 0 Å². The van der Waals surface area contributed by atoms with Gasteiger partial charge in [-0.1, -0.05) is 6.42 Å². The van der Waals surface area contributed by atoms with Crippen LogP contribution in [0.15, 0.2) is 4.99 Å². The number of hydrogen-bond acceptors (Lipinski definition) is 8. The van der Waals surface area contributed by atoms with E-state index in [4.69, 9.17) is 4.74 Å². The summed E-state index contributed by atoms with van der Waals surface area (Å²) in [5.41, 5.74) is 0. The summed E-state index contributed by atoms with van der Waals surface area (Å²) in [7, 11) is 11.9. The van der Waals surface area contributed by atoms with E-state index < -0.39 is 24.9 Å². The van der Waals surface area contributed by atoms with Crippen LogP contribution in [0.1, 0.15) is 32.1 Å². The summed E-state index contributed by atoms with van der Waals surface area (Å²) in [6.45, 7) is 12.3. The fourth-order valence-electron chi connectivity index (χ4n) is 4.12. The summed E-state index contributed by atoms with van der Waals surface area (Å²) in [5, 5.41) is 0. The van der Waals surface area contributed by atoms with Crippen LogP contribution in [0.5, 0.6) is 0 Å². The zero-order valence-electron chi connectivity index (χ0n) is 26.1. The Balaban J connectivity index is 0.000000244. The third-order valence-corrected chi connectivity index (χ3v) is 7.15. The van der Waals surface area contributed by atoms with Crippen molar-refractivity contribution in [1.82, 2.24) is 29.4 Å². The lowest BCUT2D eigenvalue weighted by Crippen LogP contribution is -2.38. The summed E-state index contributed by atoms with van der Waals surface area (Å²) in [5.74, 6) is -7.69. The molecule has 40 heavy (non-hydrogen) atoms. The number of likely N-dealkylation sites (N-methyl/N-ethyl adjacent to an activating group) is 3. The molecule has 6 rings (SSSR count). The number of aliphatic imine (C=N–C) groups is 1. The fourth-order valence-corrected chi connectivity index (χ4v) is 4.12. The average Bonchev–Trinajstić information content (AvgIpc) is 3.22. The molecule has 0 N–H and O–H groups in total. The second-order valence-corrected chi connectivity index (χ2v) is 11.7. The number of piperidine rings is 1. The molecule has 8 nitrogen and oxygen atoms in total. The second-order valence-electron chi connectivity index (χ2n) is 11.7. The topological polar surface area (TPSA) is 40.8 Å². The Labute approximate surface area is 241 Å². The number of alkyl halides is 4. The number of rotatable bonds is 0. The molecule has 6 aliphatic rings. The molecule has 0 aromatic carbocycles. The molecule has 5 fully saturated rings. The van der Waals surface area contributed by atoms with Crippen molar-refractivity contribution in [2.24, 2.45) is 4.99 Å². The highest BCUT2D eigenvalue weighted by molar-refractivity contribution is 5.56. The third-order valence-electron chi connectivity index (χ3n) is 7.15. The molecule has 0 aliphatic carbocycles. The third kappa shape index (κ3) is 18.4. The van der Waals surface area contributed by atoms with Gasteiger partial charge in [0.1, 0.15) is 0 Å². The number of morpholine rings is 1. The minimum Gasteiger partial charge on any atom is -0.379 e. The van der Waals surface area contributed by atoms with E-state index in [9.17, 15) is 17.6 Å². The maximum Gasteiger partial charge on any atom is 0.323 e. The minimum absolute atomic E-state index is 0.847. The Morgan fingerprint density at radius 2 is 0.900 bits per heavy atom. The summed E-state index contributed by atoms with van der Waals surface area (Å²) in [6.07, 6.45) is 8.96. The Kier molecular flexibility index (Phi) is 18.5. The van der Waals surface area contributed by atoms with E-state index in [1.54, 1.807) is 0 Å². The molecule has 5 saturated heterocycles. The van der Waals surface area contributed by atoms with Gasteiger partial charge in [-0.05, 0) is 87.1 Å². The fraction of sp³-hybridized carbons (Fsp3) is 0.964. The molecule has 0 radical (unpaired) electrons. The predicted octanol–water partition coefficient (Wildman–Crippen LogP) is 2.86. The first-order valence-corrected chi connectivity index (χ1v) is 14.8. The number of halogens is 4. The van der Waals surface area contributed by atoms with Crippen molar-refractivity contribution in [2.75, 3.05) is 134 Å². The lowest BCUT2D eigenvalue weighted by Gasteiger charge is -2.21. The molecule has 0 aromatic rings. The zero-order chi connectivity index (χ0) is 30.0. The van der Waals surface area contributed by atoms with Crippen molar-refractivity contribution >= 4 is 6.34 Å². The highest BCUT2D eigenvalue weighted by Gasteiger charge is 2.61. The Morgan fingerprint density at radius 1 is 0.525 bits per heavy atom. The molecule has 0 unspecified atom stereocenters. The lowest BCUT2D eigenvalue weighted by atomic mass is 10.1. The van der Waals surface area contributed by atoms with Crippen molar-refractivity contribution < 1.29 is 22.3 Å². The average molecular weight is 584 g/mol. The molecule has 12 heteroatoms. The van der Waals surface area contributed by atoms with Gasteiger partial charge >= 0.3 is 11.8 Å². The Hall–Kier alpha value is -1.05. The Bertz CT molecular complexity index is 621. The first-order chi connectivity index (χ1) is 18.8. The molecule has 6 heterocycles. The van der Waals surface area contributed by atoms with Crippen LogP contribution in [0.4, 0.5) is 17.6 Å². The van der Waals surface area contributed by atoms with E-state index >= 15 is 0 Å². The van der Waals surface area contributed by atoms with Crippen molar-refractivity contribution in [3.63, 3.8) is 0 Å². The molecule has 6 aliphatic heterocycles. The summed E-state index contributed by atoms with van der Waals surface area (Å²) in [4.78, 5) is 16.2. The van der Waals surface area contributed by atoms with E-state index in [0.717, 1.165) is 44.3 Å². The van der Waals surface area contributed by atoms with Gasteiger partial charge in [-0.2, -0.15) is 17.6 Å². The summed E-state index contributed by atoms with van der Waals surface area (Å²) in [6, 6.07) is 0. The van der Waals surface area contributed by atoms with Crippen LogP contribution in [0.2, 0.25) is 0 Å². The molecule has 0 amide bonds. The number of nitrogens with zero attached hydrogens (tertiary/aromatic N) is 7. The zero-order valence-corrected chi connectivity index (χ0v) is 26.1. The van der Waals surface area contributed by atoms with Crippen molar-refractivity contribution in [2.45, 2.75) is 43.9 Å². The molecular weight excluding hydrogens is 526 g/mol.